The average molecular weight is 286 g/mol. The molecule has 0 bridgehead atoms. The van der Waals surface area contributed by atoms with E-state index in [9.17, 15) is 9.90 Å². The zero-order valence-electron chi connectivity index (χ0n) is 11.8. The van der Waals surface area contributed by atoms with Crippen LogP contribution in [-0.4, -0.2) is 24.7 Å². The fraction of sp³-hybridized carbons (Fsp3) is 0.188. The summed E-state index contributed by atoms with van der Waals surface area (Å²) in [6, 6.07) is 11.9. The third kappa shape index (κ3) is 3.89. The van der Waals surface area contributed by atoms with Gasteiger partial charge in [0, 0.05) is 18.3 Å². The van der Waals surface area contributed by atoms with Crippen LogP contribution in [-0.2, 0) is 6.42 Å². The van der Waals surface area contributed by atoms with Crippen LogP contribution in [0.4, 0.5) is 5.69 Å². The Kier molecular flexibility index (Phi) is 4.66. The first-order valence-electron chi connectivity index (χ1n) is 6.60. The summed E-state index contributed by atoms with van der Waals surface area (Å²) in [4.78, 5) is 12.0. The molecule has 0 atom stereocenters. The number of hydrogen-bond donors (Lipinski definition) is 3. The lowest BCUT2D eigenvalue weighted by Gasteiger charge is -2.09. The number of anilines is 1. The third-order valence-electron chi connectivity index (χ3n) is 3.14. The van der Waals surface area contributed by atoms with Gasteiger partial charge in [0.2, 0.25) is 0 Å². The lowest BCUT2D eigenvalue weighted by Crippen LogP contribution is -2.26. The van der Waals surface area contributed by atoms with E-state index in [0.717, 1.165) is 5.56 Å². The van der Waals surface area contributed by atoms with Crippen molar-refractivity contribution in [3.63, 3.8) is 0 Å². The van der Waals surface area contributed by atoms with Crippen molar-refractivity contribution >= 4 is 11.6 Å². The van der Waals surface area contributed by atoms with Crippen LogP contribution in [0.15, 0.2) is 42.5 Å². The molecule has 1 amide bonds. The predicted molar refractivity (Wildman–Crippen MR) is 81.6 cm³/mol. The van der Waals surface area contributed by atoms with Crippen molar-refractivity contribution in [3.05, 3.63) is 53.6 Å². The zero-order valence-corrected chi connectivity index (χ0v) is 11.8. The van der Waals surface area contributed by atoms with Gasteiger partial charge in [0.05, 0.1) is 12.7 Å². The van der Waals surface area contributed by atoms with E-state index < -0.39 is 0 Å². The highest BCUT2D eigenvalue weighted by molar-refractivity contribution is 5.99. The molecule has 0 saturated carbocycles. The highest BCUT2D eigenvalue weighted by atomic mass is 16.5. The van der Waals surface area contributed by atoms with Crippen LogP contribution in [0.2, 0.25) is 0 Å². The van der Waals surface area contributed by atoms with Crippen molar-refractivity contribution in [3.8, 4) is 11.5 Å². The number of amides is 1. The minimum Gasteiger partial charge on any atom is -0.508 e. The van der Waals surface area contributed by atoms with Crippen LogP contribution in [0.5, 0.6) is 11.5 Å². The maximum absolute atomic E-state index is 12.0. The number of aromatic hydroxyl groups is 1. The number of carbonyl (C=O) groups excluding carboxylic acids is 1. The molecule has 4 N–H and O–H groups in total. The van der Waals surface area contributed by atoms with E-state index in [1.54, 1.807) is 37.4 Å². The number of carbonyl (C=O) groups is 1. The fourth-order valence-electron chi connectivity index (χ4n) is 1.95. The van der Waals surface area contributed by atoms with Crippen molar-refractivity contribution < 1.29 is 14.6 Å². The van der Waals surface area contributed by atoms with Crippen LogP contribution in [0.3, 0.4) is 0 Å². The van der Waals surface area contributed by atoms with Crippen molar-refractivity contribution in [1.29, 1.82) is 0 Å². The van der Waals surface area contributed by atoms with Crippen LogP contribution in [0.25, 0.3) is 0 Å². The normalized spacial score (nSPS) is 10.1. The number of nitrogens with one attached hydrogen (secondary N) is 1. The number of nitrogen functional groups attached to an aromatic ring is 1. The quantitative estimate of drug-likeness (QED) is 0.733. The molecule has 0 spiro atoms. The van der Waals surface area contributed by atoms with Gasteiger partial charge in [-0.25, -0.2) is 0 Å². The third-order valence-corrected chi connectivity index (χ3v) is 3.14. The Morgan fingerprint density at radius 2 is 1.95 bits per heavy atom. The van der Waals surface area contributed by atoms with E-state index in [-0.39, 0.29) is 11.7 Å². The molecular weight excluding hydrogens is 268 g/mol. The molecule has 21 heavy (non-hydrogen) atoms. The lowest BCUT2D eigenvalue weighted by molar-refractivity contribution is 0.0955. The second-order valence-electron chi connectivity index (χ2n) is 4.63. The van der Waals surface area contributed by atoms with E-state index in [0.29, 0.717) is 30.0 Å². The number of rotatable bonds is 5. The van der Waals surface area contributed by atoms with Gasteiger partial charge in [-0.2, -0.15) is 0 Å². The Morgan fingerprint density at radius 3 is 2.57 bits per heavy atom. The minimum atomic E-state index is -0.214. The van der Waals surface area contributed by atoms with Gasteiger partial charge < -0.3 is 20.9 Å². The molecule has 2 rings (SSSR count). The molecule has 0 aliphatic carbocycles. The molecule has 5 nitrogen and oxygen atoms in total. The number of phenolic OH excluding ortho intramolecular Hbond substituents is 1. The molecule has 0 fully saturated rings. The second-order valence-corrected chi connectivity index (χ2v) is 4.63. The van der Waals surface area contributed by atoms with Gasteiger partial charge in [-0.05, 0) is 36.2 Å². The van der Waals surface area contributed by atoms with E-state index >= 15 is 0 Å². The summed E-state index contributed by atoms with van der Waals surface area (Å²) < 4.78 is 5.05. The van der Waals surface area contributed by atoms with Crippen molar-refractivity contribution in [2.75, 3.05) is 19.4 Å². The molecule has 110 valence electrons. The highest BCUT2D eigenvalue weighted by Crippen LogP contribution is 2.19. The summed E-state index contributed by atoms with van der Waals surface area (Å²) in [6.45, 7) is 0.495. The summed E-state index contributed by atoms with van der Waals surface area (Å²) in [5, 5.41) is 12.0. The second kappa shape index (κ2) is 6.65. The van der Waals surface area contributed by atoms with Crippen molar-refractivity contribution in [2.24, 2.45) is 0 Å². The molecule has 0 heterocycles. The molecule has 0 aliphatic heterocycles. The first-order valence-corrected chi connectivity index (χ1v) is 6.60. The van der Waals surface area contributed by atoms with Crippen LogP contribution in [0.1, 0.15) is 15.9 Å². The van der Waals surface area contributed by atoms with Gasteiger partial charge in [0.25, 0.3) is 5.91 Å². The summed E-state index contributed by atoms with van der Waals surface area (Å²) >= 11 is 0. The van der Waals surface area contributed by atoms with Gasteiger partial charge in [-0.15, -0.1) is 0 Å². The Bertz CT molecular complexity index is 624. The smallest absolute Gasteiger partial charge is 0.253 e. The summed E-state index contributed by atoms with van der Waals surface area (Å²) in [5.74, 6) is 0.635. The summed E-state index contributed by atoms with van der Waals surface area (Å²) in [6.07, 6.45) is 0.683. The Labute approximate surface area is 123 Å². The number of hydrogen-bond acceptors (Lipinski definition) is 4. The predicted octanol–water partition coefficient (Wildman–Crippen LogP) is 1.96. The van der Waals surface area contributed by atoms with Crippen LogP contribution < -0.4 is 15.8 Å². The first kappa shape index (κ1) is 14.7. The van der Waals surface area contributed by atoms with Crippen LogP contribution in [0, 0.1) is 0 Å². The number of ether oxygens (including phenoxy) is 1. The maximum Gasteiger partial charge on any atom is 0.253 e. The van der Waals surface area contributed by atoms with E-state index in [1.165, 1.54) is 0 Å². The van der Waals surface area contributed by atoms with Gasteiger partial charge in [0.1, 0.15) is 11.5 Å². The Hall–Kier alpha value is -2.69. The van der Waals surface area contributed by atoms with Gasteiger partial charge in [-0.3, -0.25) is 4.79 Å². The van der Waals surface area contributed by atoms with E-state index in [1.807, 2.05) is 12.1 Å². The molecule has 2 aromatic carbocycles. The molecule has 0 saturated heterocycles. The lowest BCUT2D eigenvalue weighted by atomic mass is 10.1. The molecule has 0 aliphatic rings. The van der Waals surface area contributed by atoms with Gasteiger partial charge in [0.15, 0.2) is 0 Å². The van der Waals surface area contributed by atoms with Crippen molar-refractivity contribution in [1.82, 2.24) is 5.32 Å². The standard InChI is InChI=1S/C16H18N2O3/c1-21-13-6-7-14(15(17)10-13)16(20)18-9-8-11-2-4-12(19)5-3-11/h2-7,10,19H,8-9,17H2,1H3,(H,18,20). The largest absolute Gasteiger partial charge is 0.508 e. The number of phenols is 1. The molecule has 0 aromatic heterocycles. The van der Waals surface area contributed by atoms with Crippen molar-refractivity contribution in [2.45, 2.75) is 6.42 Å². The fourth-order valence-corrected chi connectivity index (χ4v) is 1.95. The van der Waals surface area contributed by atoms with Crippen LogP contribution >= 0.6 is 0 Å². The van der Waals surface area contributed by atoms with Gasteiger partial charge in [-0.1, -0.05) is 12.1 Å². The summed E-state index contributed by atoms with van der Waals surface area (Å²) in [5.41, 5.74) is 7.68. The van der Waals surface area contributed by atoms with Gasteiger partial charge >= 0.3 is 0 Å². The summed E-state index contributed by atoms with van der Waals surface area (Å²) in [7, 11) is 1.55. The number of methoxy groups -OCH3 is 1. The number of benzene rings is 2. The SMILES string of the molecule is COc1ccc(C(=O)NCCc2ccc(O)cc2)c(N)c1. The maximum atomic E-state index is 12.0. The monoisotopic (exact) mass is 286 g/mol. The first-order chi connectivity index (χ1) is 10.1. The Balaban J connectivity index is 1.91. The molecule has 2 aromatic rings. The molecule has 0 radical (unpaired) electrons. The molecule has 5 heteroatoms. The molecule has 0 unspecified atom stereocenters. The van der Waals surface area contributed by atoms with E-state index in [4.69, 9.17) is 10.5 Å². The highest BCUT2D eigenvalue weighted by Gasteiger charge is 2.09. The number of nitrogens with two attached hydrogens (primary N) is 1. The topological polar surface area (TPSA) is 84.6 Å². The minimum absolute atomic E-state index is 0.214. The average Bonchev–Trinajstić information content (AvgIpc) is 2.49. The Morgan fingerprint density at radius 1 is 1.24 bits per heavy atom. The molecular formula is C16H18N2O3. The zero-order chi connectivity index (χ0) is 15.2. The van der Waals surface area contributed by atoms with E-state index in [2.05, 4.69) is 5.32 Å².